The average Bonchev–Trinajstić information content (AvgIpc) is 3.24. The fraction of sp³-hybridized carbons (Fsp3) is 0.208. The molecule has 0 aliphatic heterocycles. The number of carbonyl (C=O) groups excluding carboxylic acids is 1. The maximum Gasteiger partial charge on any atom is 0.270 e. The molecule has 0 aliphatic carbocycles. The third kappa shape index (κ3) is 5.58. The van der Waals surface area contributed by atoms with Crippen molar-refractivity contribution >= 4 is 28.6 Å². The molecule has 0 spiro atoms. The van der Waals surface area contributed by atoms with Gasteiger partial charge in [-0.1, -0.05) is 12.1 Å². The Kier molecular flexibility index (Phi) is 7.01. The highest BCUT2D eigenvalue weighted by molar-refractivity contribution is 5.92. The van der Waals surface area contributed by atoms with Crippen molar-refractivity contribution < 1.29 is 19.0 Å². The summed E-state index contributed by atoms with van der Waals surface area (Å²) < 4.78 is 16.3. The Morgan fingerprint density at radius 1 is 1.06 bits per heavy atom. The number of anilines is 2. The number of methoxy groups -OCH3 is 2. The van der Waals surface area contributed by atoms with Gasteiger partial charge in [0.25, 0.3) is 5.91 Å². The van der Waals surface area contributed by atoms with Crippen LogP contribution in [0.15, 0.2) is 60.8 Å². The van der Waals surface area contributed by atoms with Gasteiger partial charge in [-0.15, -0.1) is 0 Å². The second-order valence-corrected chi connectivity index (χ2v) is 7.17. The molecule has 0 aliphatic rings. The van der Waals surface area contributed by atoms with Crippen molar-refractivity contribution in [3.05, 3.63) is 66.5 Å². The van der Waals surface area contributed by atoms with Crippen LogP contribution in [0.3, 0.4) is 0 Å². The van der Waals surface area contributed by atoms with Crippen molar-refractivity contribution in [1.82, 2.24) is 20.3 Å². The molecule has 0 saturated heterocycles. The normalized spacial score (nSPS) is 10.7. The van der Waals surface area contributed by atoms with Crippen LogP contribution in [0, 0.1) is 0 Å². The van der Waals surface area contributed by atoms with Gasteiger partial charge in [-0.2, -0.15) is 0 Å². The SMILES string of the molecule is COCCCNC(=O)c1cc(Oc2ccc3nc(Nc4ccccc4OC)[nH]c3c2)ccn1. The van der Waals surface area contributed by atoms with Gasteiger partial charge >= 0.3 is 0 Å². The highest BCUT2D eigenvalue weighted by Crippen LogP contribution is 2.29. The summed E-state index contributed by atoms with van der Waals surface area (Å²) in [4.78, 5) is 24.2. The van der Waals surface area contributed by atoms with Crippen LogP contribution in [0.2, 0.25) is 0 Å². The fourth-order valence-corrected chi connectivity index (χ4v) is 3.23. The Morgan fingerprint density at radius 2 is 1.91 bits per heavy atom. The number of rotatable bonds is 10. The minimum atomic E-state index is -0.257. The van der Waals surface area contributed by atoms with Gasteiger partial charge in [0.1, 0.15) is 22.9 Å². The van der Waals surface area contributed by atoms with E-state index in [1.807, 2.05) is 42.5 Å². The number of fused-ring (bicyclic) bond motifs is 1. The summed E-state index contributed by atoms with van der Waals surface area (Å²) in [5.41, 5.74) is 2.68. The van der Waals surface area contributed by atoms with Crippen LogP contribution >= 0.6 is 0 Å². The van der Waals surface area contributed by atoms with Crippen LogP contribution in [-0.2, 0) is 4.74 Å². The highest BCUT2D eigenvalue weighted by atomic mass is 16.5. The second-order valence-electron chi connectivity index (χ2n) is 7.17. The van der Waals surface area contributed by atoms with Gasteiger partial charge < -0.3 is 29.8 Å². The Labute approximate surface area is 191 Å². The first-order valence-electron chi connectivity index (χ1n) is 10.5. The van der Waals surface area contributed by atoms with E-state index in [0.717, 1.165) is 28.9 Å². The summed E-state index contributed by atoms with van der Waals surface area (Å²) in [6.07, 6.45) is 2.28. The number of benzene rings is 2. The van der Waals surface area contributed by atoms with Gasteiger partial charge in [-0.25, -0.2) is 4.98 Å². The zero-order valence-corrected chi connectivity index (χ0v) is 18.4. The molecule has 0 fully saturated rings. The molecule has 9 nitrogen and oxygen atoms in total. The molecule has 2 aromatic heterocycles. The van der Waals surface area contributed by atoms with Crippen molar-refractivity contribution in [1.29, 1.82) is 0 Å². The highest BCUT2D eigenvalue weighted by Gasteiger charge is 2.10. The van der Waals surface area contributed by atoms with E-state index in [0.29, 0.717) is 30.6 Å². The minimum absolute atomic E-state index is 0.257. The number of nitrogens with one attached hydrogen (secondary N) is 3. The molecule has 2 aromatic carbocycles. The molecule has 4 rings (SSSR count). The number of aromatic amines is 1. The Balaban J connectivity index is 1.45. The molecule has 33 heavy (non-hydrogen) atoms. The maximum absolute atomic E-state index is 12.3. The molecule has 4 aromatic rings. The quantitative estimate of drug-likeness (QED) is 0.311. The number of ether oxygens (including phenoxy) is 3. The summed E-state index contributed by atoms with van der Waals surface area (Å²) in [5, 5.41) is 6.05. The largest absolute Gasteiger partial charge is 0.495 e. The molecule has 0 unspecified atom stereocenters. The Hall–Kier alpha value is -4.11. The van der Waals surface area contributed by atoms with E-state index < -0.39 is 0 Å². The monoisotopic (exact) mass is 447 g/mol. The lowest BCUT2D eigenvalue weighted by molar-refractivity contribution is 0.0943. The minimum Gasteiger partial charge on any atom is -0.495 e. The van der Waals surface area contributed by atoms with Gasteiger partial charge in [0.2, 0.25) is 5.95 Å². The van der Waals surface area contributed by atoms with Gasteiger partial charge in [0.05, 0.1) is 23.8 Å². The zero-order valence-electron chi connectivity index (χ0n) is 18.4. The van der Waals surface area contributed by atoms with Gasteiger partial charge in [0.15, 0.2) is 0 Å². The van der Waals surface area contributed by atoms with E-state index in [1.165, 1.54) is 0 Å². The lowest BCUT2D eigenvalue weighted by Gasteiger charge is -2.08. The van der Waals surface area contributed by atoms with E-state index >= 15 is 0 Å². The predicted molar refractivity (Wildman–Crippen MR) is 126 cm³/mol. The second kappa shape index (κ2) is 10.5. The Bertz CT molecular complexity index is 1240. The number of aromatic nitrogens is 3. The number of amides is 1. The maximum atomic E-state index is 12.3. The van der Waals surface area contributed by atoms with Crippen LogP contribution in [-0.4, -0.2) is 48.2 Å². The van der Waals surface area contributed by atoms with E-state index in [2.05, 4.69) is 25.6 Å². The number of hydrogen-bond donors (Lipinski definition) is 3. The Morgan fingerprint density at radius 3 is 2.76 bits per heavy atom. The molecule has 9 heteroatoms. The summed E-state index contributed by atoms with van der Waals surface area (Å²) in [6.45, 7) is 1.10. The molecular formula is C24H25N5O4. The zero-order chi connectivity index (χ0) is 23.0. The van der Waals surface area contributed by atoms with Crippen molar-refractivity contribution in [2.75, 3.05) is 32.7 Å². The first-order chi connectivity index (χ1) is 16.2. The van der Waals surface area contributed by atoms with Gasteiger partial charge in [-0.3, -0.25) is 9.78 Å². The van der Waals surface area contributed by atoms with E-state index in [9.17, 15) is 4.79 Å². The number of carbonyl (C=O) groups is 1. The van der Waals surface area contributed by atoms with Crippen molar-refractivity contribution in [2.45, 2.75) is 6.42 Å². The molecule has 1 amide bonds. The van der Waals surface area contributed by atoms with Crippen molar-refractivity contribution in [3.8, 4) is 17.2 Å². The lowest BCUT2D eigenvalue weighted by Crippen LogP contribution is -2.26. The van der Waals surface area contributed by atoms with Crippen LogP contribution in [0.1, 0.15) is 16.9 Å². The van der Waals surface area contributed by atoms with Crippen molar-refractivity contribution in [2.24, 2.45) is 0 Å². The molecule has 0 radical (unpaired) electrons. The van der Waals surface area contributed by atoms with Crippen LogP contribution < -0.4 is 20.1 Å². The van der Waals surface area contributed by atoms with E-state index in [1.54, 1.807) is 32.5 Å². The molecule has 0 atom stereocenters. The summed E-state index contributed by atoms with van der Waals surface area (Å²) >= 11 is 0. The van der Waals surface area contributed by atoms with Crippen LogP contribution in [0.25, 0.3) is 11.0 Å². The topological polar surface area (TPSA) is 110 Å². The van der Waals surface area contributed by atoms with Gasteiger partial charge in [-0.05, 0) is 36.8 Å². The number of para-hydroxylation sites is 2. The molecular weight excluding hydrogens is 422 g/mol. The predicted octanol–water partition coefficient (Wildman–Crippen LogP) is 4.27. The van der Waals surface area contributed by atoms with E-state index in [-0.39, 0.29) is 11.6 Å². The molecule has 0 saturated carbocycles. The third-order valence-electron chi connectivity index (χ3n) is 4.82. The first-order valence-corrected chi connectivity index (χ1v) is 10.5. The summed E-state index contributed by atoms with van der Waals surface area (Å²) in [6, 6.07) is 16.4. The molecule has 0 bridgehead atoms. The number of nitrogens with zero attached hydrogens (tertiary/aromatic N) is 2. The first kappa shape index (κ1) is 22.1. The van der Waals surface area contributed by atoms with Gasteiger partial charge in [0, 0.05) is 38.6 Å². The summed E-state index contributed by atoms with van der Waals surface area (Å²) in [7, 11) is 3.25. The molecule has 2 heterocycles. The van der Waals surface area contributed by atoms with Crippen LogP contribution in [0.4, 0.5) is 11.6 Å². The molecule has 3 N–H and O–H groups in total. The summed E-state index contributed by atoms with van der Waals surface area (Å²) in [5.74, 6) is 2.17. The number of H-pyrrole nitrogens is 1. The average molecular weight is 447 g/mol. The third-order valence-corrected chi connectivity index (χ3v) is 4.82. The number of imidazole rings is 1. The molecule has 170 valence electrons. The smallest absolute Gasteiger partial charge is 0.270 e. The number of hydrogen-bond acceptors (Lipinski definition) is 7. The standard InChI is InChI=1S/C24H25N5O4/c1-31-13-5-11-26-23(30)21-15-17(10-12-25-21)33-16-8-9-18-20(14-16)29-24(27-18)28-19-6-3-4-7-22(19)32-2/h3-4,6-10,12,14-15H,5,11,13H2,1-2H3,(H,26,30)(H2,27,28,29). The fourth-order valence-electron chi connectivity index (χ4n) is 3.23. The lowest BCUT2D eigenvalue weighted by atomic mass is 10.3. The van der Waals surface area contributed by atoms with Crippen LogP contribution in [0.5, 0.6) is 17.2 Å². The van der Waals surface area contributed by atoms with E-state index in [4.69, 9.17) is 14.2 Å². The van der Waals surface area contributed by atoms with Crippen molar-refractivity contribution in [3.63, 3.8) is 0 Å². The number of pyridine rings is 1.